The van der Waals surface area contributed by atoms with E-state index in [1.165, 1.54) is 0 Å². The predicted octanol–water partition coefficient (Wildman–Crippen LogP) is 4.90. The number of hydrogen-bond acceptors (Lipinski definition) is 5. The number of carbonyl (C=O) groups excluding carboxylic acids is 2. The van der Waals surface area contributed by atoms with E-state index in [9.17, 15) is 9.59 Å². The Hall–Kier alpha value is -3.32. The van der Waals surface area contributed by atoms with E-state index in [1.807, 2.05) is 70.3 Å². The van der Waals surface area contributed by atoms with Crippen LogP contribution >= 0.6 is 0 Å². The number of nitrogens with zero attached hydrogens (tertiary/aromatic N) is 3. The van der Waals surface area contributed by atoms with E-state index in [0.717, 1.165) is 66.7 Å². The molecule has 190 valence electrons. The summed E-state index contributed by atoms with van der Waals surface area (Å²) in [5, 5.41) is 4.30. The van der Waals surface area contributed by atoms with Crippen LogP contribution in [0.1, 0.15) is 55.1 Å². The van der Waals surface area contributed by atoms with E-state index in [4.69, 9.17) is 4.74 Å². The van der Waals surface area contributed by atoms with Crippen molar-refractivity contribution >= 4 is 28.6 Å². The number of aromatic nitrogens is 1. The van der Waals surface area contributed by atoms with E-state index >= 15 is 0 Å². The van der Waals surface area contributed by atoms with Crippen LogP contribution in [0, 0.1) is 6.92 Å². The molecule has 2 aliphatic rings. The number of rotatable bonds is 4. The normalized spacial score (nSPS) is 17.8. The molecular formula is C29H36N4O3. The predicted molar refractivity (Wildman–Crippen MR) is 143 cm³/mol. The van der Waals surface area contributed by atoms with Crippen molar-refractivity contribution in [1.82, 2.24) is 14.8 Å². The number of piperazine rings is 1. The van der Waals surface area contributed by atoms with Crippen LogP contribution in [-0.4, -0.2) is 60.3 Å². The molecule has 1 aliphatic heterocycles. The maximum Gasteiger partial charge on any atom is 0.419 e. The molecule has 1 amide bonds. The van der Waals surface area contributed by atoms with Crippen LogP contribution < -0.4 is 10.2 Å². The molecule has 7 heteroatoms. The molecule has 1 saturated carbocycles. The van der Waals surface area contributed by atoms with Crippen LogP contribution in [0.4, 0.5) is 10.5 Å². The zero-order chi connectivity index (χ0) is 25.7. The number of fused-ring (bicyclic) bond motifs is 1. The van der Waals surface area contributed by atoms with E-state index in [2.05, 4.69) is 28.2 Å². The Balaban J connectivity index is 1.43. The largest absolute Gasteiger partial charge is 0.443 e. The second-order valence-corrected chi connectivity index (χ2v) is 11.2. The molecule has 0 unspecified atom stereocenters. The summed E-state index contributed by atoms with van der Waals surface area (Å²) in [4.78, 5) is 31.3. The zero-order valence-corrected chi connectivity index (χ0v) is 21.9. The lowest BCUT2D eigenvalue weighted by atomic mass is 10.0. The maximum atomic E-state index is 13.6. The van der Waals surface area contributed by atoms with Gasteiger partial charge in [0.05, 0.1) is 11.1 Å². The first-order valence-corrected chi connectivity index (χ1v) is 12.8. The Bertz CT molecular complexity index is 1310. The maximum absolute atomic E-state index is 13.6. The van der Waals surface area contributed by atoms with Gasteiger partial charge in [-0.2, -0.15) is 0 Å². The highest BCUT2D eigenvalue weighted by molar-refractivity contribution is 5.99. The molecular weight excluding hydrogens is 452 g/mol. The van der Waals surface area contributed by atoms with Crippen LogP contribution in [0.5, 0.6) is 0 Å². The van der Waals surface area contributed by atoms with Crippen molar-refractivity contribution in [3.63, 3.8) is 0 Å². The fourth-order valence-corrected chi connectivity index (χ4v) is 5.01. The minimum absolute atomic E-state index is 0.0740. The lowest BCUT2D eigenvalue weighted by Gasteiger charge is -2.34. The molecule has 3 aromatic rings. The van der Waals surface area contributed by atoms with Crippen LogP contribution in [-0.2, 0) is 10.3 Å². The van der Waals surface area contributed by atoms with Crippen molar-refractivity contribution in [2.24, 2.45) is 0 Å². The Labute approximate surface area is 213 Å². The highest BCUT2D eigenvalue weighted by Crippen LogP contribution is 2.49. The zero-order valence-electron chi connectivity index (χ0n) is 21.9. The van der Waals surface area contributed by atoms with Gasteiger partial charge in [-0.05, 0) is 71.3 Å². The molecule has 0 radical (unpaired) electrons. The summed E-state index contributed by atoms with van der Waals surface area (Å²) in [6.07, 6.45) is 3.10. The number of aryl methyl sites for hydroxylation is 1. The van der Waals surface area contributed by atoms with E-state index in [-0.39, 0.29) is 5.91 Å². The number of nitrogens with one attached hydrogen (secondary N) is 1. The number of carbonyl (C=O) groups is 2. The summed E-state index contributed by atoms with van der Waals surface area (Å²) in [6.45, 7) is 11.5. The third-order valence-electron chi connectivity index (χ3n) is 7.25. The molecule has 5 rings (SSSR count). The first kappa shape index (κ1) is 24.4. The highest BCUT2D eigenvalue weighted by atomic mass is 16.6. The molecule has 2 fully saturated rings. The smallest absolute Gasteiger partial charge is 0.419 e. The molecule has 0 bridgehead atoms. The molecule has 36 heavy (non-hydrogen) atoms. The van der Waals surface area contributed by atoms with E-state index < -0.39 is 17.2 Å². The minimum atomic E-state index is -0.597. The quantitative estimate of drug-likeness (QED) is 0.566. The van der Waals surface area contributed by atoms with Crippen molar-refractivity contribution in [2.75, 3.05) is 38.1 Å². The van der Waals surface area contributed by atoms with Crippen molar-refractivity contribution in [2.45, 2.75) is 51.7 Å². The van der Waals surface area contributed by atoms with Gasteiger partial charge < -0.3 is 19.9 Å². The topological polar surface area (TPSA) is 66.8 Å². The SMILES string of the molecule is Cc1ccc(N2CCN(C)CC2)cc1C(=O)NC1(c2cn(C(=O)OC(C)(C)C)c3ccccc23)CC1. The lowest BCUT2D eigenvalue weighted by Crippen LogP contribution is -2.44. The van der Waals surface area contributed by atoms with Gasteiger partial charge >= 0.3 is 6.09 Å². The summed E-state index contributed by atoms with van der Waals surface area (Å²) < 4.78 is 7.22. The molecule has 1 N–H and O–H groups in total. The van der Waals surface area contributed by atoms with Gasteiger partial charge in [-0.25, -0.2) is 4.79 Å². The number of para-hydroxylation sites is 1. The fraction of sp³-hybridized carbons (Fsp3) is 0.448. The minimum Gasteiger partial charge on any atom is -0.443 e. The van der Waals surface area contributed by atoms with E-state index in [1.54, 1.807) is 4.57 Å². The van der Waals surface area contributed by atoms with Crippen molar-refractivity contribution in [3.8, 4) is 0 Å². The van der Waals surface area contributed by atoms with Crippen LogP contribution in [0.3, 0.4) is 0 Å². The summed E-state index contributed by atoms with van der Waals surface area (Å²) in [6, 6.07) is 14.0. The number of hydrogen-bond donors (Lipinski definition) is 1. The van der Waals surface area contributed by atoms with Gasteiger partial charge in [-0.15, -0.1) is 0 Å². The van der Waals surface area contributed by atoms with Crippen molar-refractivity contribution < 1.29 is 14.3 Å². The highest BCUT2D eigenvalue weighted by Gasteiger charge is 2.48. The molecule has 1 aromatic heterocycles. The van der Waals surface area contributed by atoms with Gasteiger partial charge in [-0.1, -0.05) is 24.3 Å². The summed E-state index contributed by atoms with van der Waals surface area (Å²) in [5.41, 5.74) is 3.41. The van der Waals surface area contributed by atoms with Crippen LogP contribution in [0.25, 0.3) is 10.9 Å². The van der Waals surface area contributed by atoms with Crippen molar-refractivity contribution in [3.05, 3.63) is 65.4 Å². The summed E-state index contributed by atoms with van der Waals surface area (Å²) in [7, 11) is 2.14. The molecule has 2 heterocycles. The van der Waals surface area contributed by atoms with Gasteiger partial charge in [0.1, 0.15) is 5.60 Å². The second-order valence-electron chi connectivity index (χ2n) is 11.2. The number of likely N-dealkylation sites (N-methyl/N-ethyl adjacent to an activating group) is 1. The first-order valence-electron chi connectivity index (χ1n) is 12.8. The molecule has 0 spiro atoms. The molecule has 7 nitrogen and oxygen atoms in total. The van der Waals surface area contributed by atoms with E-state index in [0.29, 0.717) is 5.56 Å². The molecule has 0 atom stereocenters. The van der Waals surface area contributed by atoms with Gasteiger partial charge in [0, 0.05) is 54.6 Å². The van der Waals surface area contributed by atoms with Gasteiger partial charge in [0.2, 0.25) is 0 Å². The third kappa shape index (κ3) is 4.72. The number of benzene rings is 2. The summed E-state index contributed by atoms with van der Waals surface area (Å²) in [5.74, 6) is -0.0740. The number of amides is 1. The Morgan fingerprint density at radius 1 is 1.00 bits per heavy atom. The lowest BCUT2D eigenvalue weighted by molar-refractivity contribution is 0.0544. The standard InChI is InChI=1S/C29H36N4O3/c1-20-10-11-21(32-16-14-31(5)15-17-32)18-23(20)26(34)30-29(12-13-29)24-19-33(27(35)36-28(2,3)4)25-9-7-6-8-22(24)25/h6-11,18-19H,12-17H2,1-5H3,(H,30,34). The number of anilines is 1. The molecule has 1 aliphatic carbocycles. The average Bonchev–Trinajstić information content (AvgIpc) is 3.48. The van der Waals surface area contributed by atoms with Crippen molar-refractivity contribution in [1.29, 1.82) is 0 Å². The second kappa shape index (κ2) is 8.96. The van der Waals surface area contributed by atoms with Crippen LogP contribution in [0.2, 0.25) is 0 Å². The third-order valence-corrected chi connectivity index (χ3v) is 7.25. The summed E-state index contributed by atoms with van der Waals surface area (Å²) >= 11 is 0. The monoisotopic (exact) mass is 488 g/mol. The van der Waals surface area contributed by atoms with Gasteiger partial charge in [-0.3, -0.25) is 9.36 Å². The Kier molecular flexibility index (Phi) is 6.07. The molecule has 2 aromatic carbocycles. The Morgan fingerprint density at radius 2 is 1.69 bits per heavy atom. The van der Waals surface area contributed by atoms with Crippen LogP contribution in [0.15, 0.2) is 48.7 Å². The molecule has 1 saturated heterocycles. The average molecular weight is 489 g/mol. The van der Waals surface area contributed by atoms with Gasteiger partial charge in [0.25, 0.3) is 5.91 Å². The number of ether oxygens (including phenoxy) is 1. The Morgan fingerprint density at radius 3 is 2.36 bits per heavy atom. The fourth-order valence-electron chi connectivity index (χ4n) is 5.01. The van der Waals surface area contributed by atoms with Gasteiger partial charge in [0.15, 0.2) is 0 Å². The first-order chi connectivity index (χ1) is 17.1.